The lowest BCUT2D eigenvalue weighted by Crippen LogP contribution is -2.21. The van der Waals surface area contributed by atoms with Gasteiger partial charge in [-0.25, -0.2) is 17.6 Å². The van der Waals surface area contributed by atoms with Crippen LogP contribution < -0.4 is 10.6 Å². The van der Waals surface area contributed by atoms with Crippen LogP contribution in [0.15, 0.2) is 53.4 Å². The minimum atomic E-state index is -3.44. The van der Waals surface area contributed by atoms with Crippen LogP contribution in [-0.4, -0.2) is 33.4 Å². The topological polar surface area (TPSA) is 84.5 Å². The van der Waals surface area contributed by atoms with Crippen LogP contribution in [0.25, 0.3) is 5.57 Å². The van der Waals surface area contributed by atoms with Crippen LogP contribution in [0.2, 0.25) is 0 Å². The summed E-state index contributed by atoms with van der Waals surface area (Å²) in [6, 6.07) is 9.75. The number of anilines is 2. The van der Waals surface area contributed by atoms with E-state index in [-0.39, 0.29) is 10.6 Å². The molecule has 1 aliphatic carbocycles. The normalized spacial score (nSPS) is 16.5. The van der Waals surface area contributed by atoms with Crippen LogP contribution in [0, 0.1) is 11.7 Å². The number of carbonyl (C=O) groups excluding carboxylic acids is 1. The Morgan fingerprint density at radius 1 is 1.10 bits per heavy atom. The smallest absolute Gasteiger partial charge is 0.323 e. The van der Waals surface area contributed by atoms with E-state index in [0.717, 1.165) is 24.0 Å². The third-order valence-electron chi connectivity index (χ3n) is 5.50. The molecule has 1 heterocycles. The molecule has 31 heavy (non-hydrogen) atoms. The van der Waals surface area contributed by atoms with E-state index in [2.05, 4.69) is 10.6 Å². The number of halogens is 1. The summed E-state index contributed by atoms with van der Waals surface area (Å²) >= 11 is 0. The minimum Gasteiger partial charge on any atom is -0.377 e. The molecule has 164 valence electrons. The maximum atomic E-state index is 13.1. The van der Waals surface area contributed by atoms with Crippen molar-refractivity contribution < 1.29 is 22.3 Å². The monoisotopic (exact) mass is 444 g/mol. The fourth-order valence-corrected chi connectivity index (χ4v) is 4.99. The molecule has 0 bridgehead atoms. The Morgan fingerprint density at radius 3 is 2.55 bits per heavy atom. The van der Waals surface area contributed by atoms with Gasteiger partial charge in [0.25, 0.3) is 0 Å². The van der Waals surface area contributed by atoms with Crippen molar-refractivity contribution in [3.8, 4) is 0 Å². The Morgan fingerprint density at radius 2 is 1.87 bits per heavy atom. The number of benzene rings is 2. The van der Waals surface area contributed by atoms with Crippen LogP contribution >= 0.6 is 0 Å². The van der Waals surface area contributed by atoms with Crippen molar-refractivity contribution in [2.45, 2.75) is 30.6 Å². The first kappa shape index (κ1) is 21.5. The molecule has 2 aromatic carbocycles. The Balaban J connectivity index is 1.59. The van der Waals surface area contributed by atoms with Gasteiger partial charge in [0, 0.05) is 11.3 Å². The van der Waals surface area contributed by atoms with Gasteiger partial charge in [0.2, 0.25) is 0 Å². The predicted molar refractivity (Wildman–Crippen MR) is 118 cm³/mol. The van der Waals surface area contributed by atoms with Crippen LogP contribution in [-0.2, 0) is 14.6 Å². The molecule has 2 N–H and O–H groups in total. The fourth-order valence-electron chi connectivity index (χ4n) is 3.54. The lowest BCUT2D eigenvalue weighted by atomic mass is 10.00. The van der Waals surface area contributed by atoms with E-state index < -0.39 is 21.7 Å². The molecule has 4 rings (SSSR count). The van der Waals surface area contributed by atoms with Gasteiger partial charge >= 0.3 is 6.03 Å². The highest BCUT2D eigenvalue weighted by molar-refractivity contribution is 7.91. The maximum absolute atomic E-state index is 13.1. The van der Waals surface area contributed by atoms with Crippen LogP contribution in [0.1, 0.15) is 31.2 Å². The summed E-state index contributed by atoms with van der Waals surface area (Å²) in [4.78, 5) is 12.8. The van der Waals surface area contributed by atoms with E-state index in [9.17, 15) is 17.6 Å². The number of amides is 2. The molecule has 6 nitrogen and oxygen atoms in total. The number of nitrogens with one attached hydrogen (secondary N) is 2. The molecule has 8 heteroatoms. The van der Waals surface area contributed by atoms with Gasteiger partial charge in [-0.15, -0.1) is 0 Å². The standard InChI is InChI=1S/C23H25FN2O4S/c24-18-3-5-19(6-4-18)25-23(27)26-22-15-20(31(28,29)14-11-16-1-2-16)7-8-21(22)17-9-12-30-13-10-17/h3-9,15-16H,1-2,10-14H2,(H2,25,26,27). The molecule has 0 atom stereocenters. The quantitative estimate of drug-likeness (QED) is 0.640. The minimum absolute atomic E-state index is 0.106. The Hall–Kier alpha value is -2.71. The zero-order valence-electron chi connectivity index (χ0n) is 17.1. The number of ether oxygens (including phenoxy) is 1. The molecule has 0 unspecified atom stereocenters. The van der Waals surface area contributed by atoms with Gasteiger partial charge in [0.05, 0.1) is 29.5 Å². The largest absolute Gasteiger partial charge is 0.377 e. The Bertz CT molecular complexity index is 1090. The van der Waals surface area contributed by atoms with Crippen LogP contribution in [0.3, 0.4) is 0 Å². The van der Waals surface area contributed by atoms with Crippen molar-refractivity contribution in [1.29, 1.82) is 0 Å². The van der Waals surface area contributed by atoms with Crippen molar-refractivity contribution in [1.82, 2.24) is 0 Å². The van der Waals surface area contributed by atoms with Crippen LogP contribution in [0.4, 0.5) is 20.6 Å². The highest BCUT2D eigenvalue weighted by atomic mass is 32.2. The summed E-state index contributed by atoms with van der Waals surface area (Å²) in [5, 5.41) is 5.41. The average molecular weight is 445 g/mol. The molecular weight excluding hydrogens is 419 g/mol. The van der Waals surface area contributed by atoms with E-state index in [4.69, 9.17) is 4.74 Å². The van der Waals surface area contributed by atoms with Crippen molar-refractivity contribution >= 4 is 32.8 Å². The van der Waals surface area contributed by atoms with E-state index >= 15 is 0 Å². The highest BCUT2D eigenvalue weighted by Crippen LogP contribution is 2.35. The summed E-state index contributed by atoms with van der Waals surface area (Å²) < 4.78 is 44.1. The molecular formula is C23H25FN2O4S. The van der Waals surface area contributed by atoms with Crippen molar-refractivity contribution in [3.63, 3.8) is 0 Å². The van der Waals surface area contributed by atoms with E-state index in [1.54, 1.807) is 12.1 Å². The first-order valence-electron chi connectivity index (χ1n) is 10.4. The zero-order valence-corrected chi connectivity index (χ0v) is 17.9. The molecule has 2 amide bonds. The van der Waals surface area contributed by atoms with Gasteiger partial charge in [-0.2, -0.15) is 0 Å². The maximum Gasteiger partial charge on any atom is 0.323 e. The first-order chi connectivity index (χ1) is 14.9. The van der Waals surface area contributed by atoms with Gasteiger partial charge in [0.15, 0.2) is 9.84 Å². The van der Waals surface area contributed by atoms with Gasteiger partial charge in [-0.1, -0.05) is 25.0 Å². The second kappa shape index (κ2) is 9.20. The van der Waals surface area contributed by atoms with Gasteiger partial charge < -0.3 is 15.4 Å². The van der Waals surface area contributed by atoms with Gasteiger partial charge in [-0.05, 0) is 60.7 Å². The molecule has 0 spiro atoms. The molecule has 1 saturated carbocycles. The lowest BCUT2D eigenvalue weighted by Gasteiger charge is -2.19. The summed E-state index contributed by atoms with van der Waals surface area (Å²) in [6.07, 6.45) is 5.47. The Kier molecular flexibility index (Phi) is 6.38. The molecule has 0 radical (unpaired) electrons. The second-order valence-electron chi connectivity index (χ2n) is 7.90. The van der Waals surface area contributed by atoms with Crippen LogP contribution in [0.5, 0.6) is 0 Å². The van der Waals surface area contributed by atoms with E-state index in [0.29, 0.717) is 43.3 Å². The number of sulfone groups is 1. The number of rotatable bonds is 7. The Labute approximate surface area is 181 Å². The average Bonchev–Trinajstić information content (AvgIpc) is 3.59. The third-order valence-corrected chi connectivity index (χ3v) is 7.25. The molecule has 1 aliphatic heterocycles. The highest BCUT2D eigenvalue weighted by Gasteiger charge is 2.25. The molecule has 1 fully saturated rings. The van der Waals surface area contributed by atoms with E-state index in [1.165, 1.54) is 30.3 Å². The summed E-state index contributed by atoms with van der Waals surface area (Å²) in [5.41, 5.74) is 2.60. The third kappa shape index (κ3) is 5.71. The summed E-state index contributed by atoms with van der Waals surface area (Å²) in [6.45, 7) is 1.03. The number of urea groups is 1. The van der Waals surface area contributed by atoms with Crippen molar-refractivity contribution in [2.75, 3.05) is 29.6 Å². The zero-order chi connectivity index (χ0) is 21.8. The molecule has 0 saturated heterocycles. The predicted octanol–water partition coefficient (Wildman–Crippen LogP) is 4.85. The van der Waals surface area contributed by atoms with Gasteiger partial charge in [-0.3, -0.25) is 0 Å². The fraction of sp³-hybridized carbons (Fsp3) is 0.348. The molecule has 2 aliphatic rings. The number of hydrogen-bond donors (Lipinski definition) is 2. The first-order valence-corrected chi connectivity index (χ1v) is 12.0. The summed E-state index contributed by atoms with van der Waals surface area (Å²) in [5.74, 6) is 0.221. The lowest BCUT2D eigenvalue weighted by molar-refractivity contribution is 0.161. The SMILES string of the molecule is O=C(Nc1ccc(F)cc1)Nc1cc(S(=O)(=O)CCC2CC2)ccc1C1=CCOCC1. The van der Waals surface area contributed by atoms with Crippen molar-refractivity contribution in [3.05, 3.63) is 59.9 Å². The second-order valence-corrected chi connectivity index (χ2v) is 10.0. The van der Waals surface area contributed by atoms with Crippen molar-refractivity contribution in [2.24, 2.45) is 5.92 Å². The van der Waals surface area contributed by atoms with Gasteiger partial charge in [0.1, 0.15) is 5.82 Å². The van der Waals surface area contributed by atoms with E-state index in [1.807, 2.05) is 6.08 Å². The molecule has 0 aromatic heterocycles. The number of carbonyl (C=O) groups is 1. The molecule has 2 aromatic rings. The summed E-state index contributed by atoms with van der Waals surface area (Å²) in [7, 11) is -3.44. The number of hydrogen-bond acceptors (Lipinski definition) is 4.